The average molecular weight is 380 g/mol. The summed E-state index contributed by atoms with van der Waals surface area (Å²) in [6, 6.07) is 15.7. The summed E-state index contributed by atoms with van der Waals surface area (Å²) < 4.78 is 0. The number of hydrogen-bond donors (Lipinski definition) is 2. The van der Waals surface area contributed by atoms with Crippen molar-refractivity contribution in [3.63, 3.8) is 0 Å². The highest BCUT2D eigenvalue weighted by molar-refractivity contribution is 5.91. The maximum absolute atomic E-state index is 12.8. The zero-order valence-corrected chi connectivity index (χ0v) is 16.9. The van der Waals surface area contributed by atoms with E-state index in [9.17, 15) is 9.59 Å². The second-order valence-corrected chi connectivity index (χ2v) is 8.00. The van der Waals surface area contributed by atoms with E-state index in [1.807, 2.05) is 69.3 Å². The molecular weight excluding hydrogens is 350 g/mol. The van der Waals surface area contributed by atoms with Crippen molar-refractivity contribution in [3.05, 3.63) is 65.2 Å². The van der Waals surface area contributed by atoms with Gasteiger partial charge in [0.1, 0.15) is 0 Å². The van der Waals surface area contributed by atoms with Crippen molar-refractivity contribution in [1.29, 1.82) is 0 Å². The smallest absolute Gasteiger partial charge is 0.321 e. The van der Waals surface area contributed by atoms with Crippen molar-refractivity contribution in [2.45, 2.75) is 40.2 Å². The number of carbonyl (C=O) groups is 2. The number of rotatable bonds is 4. The van der Waals surface area contributed by atoms with Gasteiger partial charge < -0.3 is 15.5 Å². The molecule has 148 valence electrons. The summed E-state index contributed by atoms with van der Waals surface area (Å²) >= 11 is 0. The minimum atomic E-state index is -0.577. The molecule has 3 amide bonds. The van der Waals surface area contributed by atoms with Crippen molar-refractivity contribution in [1.82, 2.24) is 10.2 Å². The standard InChI is InChI=1S/C23H29N3O2/c1-17-10-11-20(18(2)14-17)25-22(28)26-13-7-12-23(3,16-26)21(27)24-15-19-8-5-4-6-9-19/h4-6,8-11,14H,7,12-13,15-16H2,1-3H3,(H,24,27)(H,25,28). The van der Waals surface area contributed by atoms with Crippen LogP contribution in [0.25, 0.3) is 0 Å². The van der Waals surface area contributed by atoms with Crippen LogP contribution >= 0.6 is 0 Å². The first-order valence-electron chi connectivity index (χ1n) is 9.83. The number of hydrogen-bond acceptors (Lipinski definition) is 2. The number of benzene rings is 2. The maximum Gasteiger partial charge on any atom is 0.321 e. The first-order valence-corrected chi connectivity index (χ1v) is 9.83. The molecule has 0 spiro atoms. The Labute approximate surface area is 167 Å². The van der Waals surface area contributed by atoms with Gasteiger partial charge in [-0.25, -0.2) is 4.79 Å². The molecule has 1 saturated heterocycles. The van der Waals surface area contributed by atoms with E-state index in [-0.39, 0.29) is 11.9 Å². The van der Waals surface area contributed by atoms with Gasteiger partial charge in [0.05, 0.1) is 5.41 Å². The highest BCUT2D eigenvalue weighted by Gasteiger charge is 2.39. The third-order valence-electron chi connectivity index (χ3n) is 5.45. The molecule has 0 aliphatic carbocycles. The normalized spacial score (nSPS) is 19.2. The van der Waals surface area contributed by atoms with Gasteiger partial charge in [-0.15, -0.1) is 0 Å². The molecule has 1 fully saturated rings. The van der Waals surface area contributed by atoms with Crippen LogP contribution in [-0.2, 0) is 11.3 Å². The molecule has 2 aromatic carbocycles. The van der Waals surface area contributed by atoms with Crippen molar-refractivity contribution in [3.8, 4) is 0 Å². The summed E-state index contributed by atoms with van der Waals surface area (Å²) in [6.45, 7) is 7.55. The lowest BCUT2D eigenvalue weighted by atomic mass is 9.81. The van der Waals surface area contributed by atoms with Crippen LogP contribution in [0.5, 0.6) is 0 Å². The minimum Gasteiger partial charge on any atom is -0.351 e. The fourth-order valence-electron chi connectivity index (χ4n) is 3.74. The quantitative estimate of drug-likeness (QED) is 0.834. The fraction of sp³-hybridized carbons (Fsp3) is 0.391. The second-order valence-electron chi connectivity index (χ2n) is 8.00. The second kappa shape index (κ2) is 8.46. The van der Waals surface area contributed by atoms with Gasteiger partial charge in [0.25, 0.3) is 0 Å². The first-order chi connectivity index (χ1) is 13.4. The maximum atomic E-state index is 12.8. The minimum absolute atomic E-state index is 0.000342. The van der Waals surface area contributed by atoms with E-state index in [0.717, 1.165) is 35.2 Å². The molecule has 28 heavy (non-hydrogen) atoms. The van der Waals surface area contributed by atoms with Crippen molar-refractivity contribution < 1.29 is 9.59 Å². The van der Waals surface area contributed by atoms with Gasteiger partial charge in [-0.05, 0) is 50.8 Å². The number of anilines is 1. The lowest BCUT2D eigenvalue weighted by molar-refractivity contribution is -0.132. The zero-order chi connectivity index (χ0) is 20.1. The Morgan fingerprint density at radius 2 is 1.86 bits per heavy atom. The van der Waals surface area contributed by atoms with E-state index >= 15 is 0 Å². The molecule has 2 aromatic rings. The van der Waals surface area contributed by atoms with Gasteiger partial charge in [0.2, 0.25) is 5.91 Å². The molecule has 0 aromatic heterocycles. The first kappa shape index (κ1) is 19.9. The lowest BCUT2D eigenvalue weighted by Crippen LogP contribution is -2.52. The number of piperidine rings is 1. The van der Waals surface area contributed by atoms with Gasteiger partial charge in [-0.3, -0.25) is 4.79 Å². The molecule has 5 heteroatoms. The van der Waals surface area contributed by atoms with Gasteiger partial charge in [-0.2, -0.15) is 0 Å². The Hall–Kier alpha value is -2.82. The highest BCUT2D eigenvalue weighted by atomic mass is 16.2. The van der Waals surface area contributed by atoms with E-state index in [1.165, 1.54) is 0 Å². The molecule has 5 nitrogen and oxygen atoms in total. The van der Waals surface area contributed by atoms with E-state index in [4.69, 9.17) is 0 Å². The fourth-order valence-corrected chi connectivity index (χ4v) is 3.74. The number of nitrogens with one attached hydrogen (secondary N) is 2. The third-order valence-corrected chi connectivity index (χ3v) is 5.45. The van der Waals surface area contributed by atoms with Gasteiger partial charge in [0.15, 0.2) is 0 Å². The molecule has 1 aliphatic heterocycles. The molecular formula is C23H29N3O2. The van der Waals surface area contributed by atoms with Crippen LogP contribution in [0.15, 0.2) is 48.5 Å². The Morgan fingerprint density at radius 3 is 2.57 bits per heavy atom. The molecule has 1 aliphatic rings. The summed E-state index contributed by atoms with van der Waals surface area (Å²) in [5.74, 6) is 0.000342. The van der Waals surface area contributed by atoms with Crippen LogP contribution in [-0.4, -0.2) is 29.9 Å². The molecule has 0 bridgehead atoms. The molecule has 2 N–H and O–H groups in total. The number of nitrogens with zero attached hydrogens (tertiary/aromatic N) is 1. The molecule has 0 saturated carbocycles. The number of urea groups is 1. The SMILES string of the molecule is Cc1ccc(NC(=O)N2CCCC(C)(C(=O)NCc3ccccc3)C2)c(C)c1. The summed E-state index contributed by atoms with van der Waals surface area (Å²) in [6.07, 6.45) is 1.59. The average Bonchev–Trinajstić information content (AvgIpc) is 2.69. The summed E-state index contributed by atoms with van der Waals surface area (Å²) in [5, 5.41) is 6.03. The molecule has 1 atom stereocenters. The van der Waals surface area contributed by atoms with E-state index in [2.05, 4.69) is 10.6 Å². The Balaban J connectivity index is 1.61. The van der Waals surface area contributed by atoms with Crippen LogP contribution in [0.4, 0.5) is 10.5 Å². The van der Waals surface area contributed by atoms with Crippen LogP contribution in [0.1, 0.15) is 36.5 Å². The Kier molecular flexibility index (Phi) is 6.02. The van der Waals surface area contributed by atoms with Gasteiger partial charge in [-0.1, -0.05) is 48.0 Å². The van der Waals surface area contributed by atoms with Crippen molar-refractivity contribution in [2.75, 3.05) is 18.4 Å². The van der Waals surface area contributed by atoms with E-state index in [1.54, 1.807) is 4.90 Å². The van der Waals surface area contributed by atoms with Crippen LogP contribution < -0.4 is 10.6 Å². The Morgan fingerprint density at radius 1 is 1.11 bits per heavy atom. The monoisotopic (exact) mass is 379 g/mol. The van der Waals surface area contributed by atoms with Gasteiger partial charge >= 0.3 is 6.03 Å². The van der Waals surface area contributed by atoms with Crippen molar-refractivity contribution in [2.24, 2.45) is 5.41 Å². The molecule has 1 heterocycles. The third kappa shape index (κ3) is 4.71. The zero-order valence-electron chi connectivity index (χ0n) is 16.9. The number of amides is 3. The number of likely N-dealkylation sites (tertiary alicyclic amines) is 1. The summed E-state index contributed by atoms with van der Waals surface area (Å²) in [4.78, 5) is 27.4. The van der Waals surface area contributed by atoms with Crippen LogP contribution in [0.2, 0.25) is 0 Å². The Bertz CT molecular complexity index is 850. The lowest BCUT2D eigenvalue weighted by Gasteiger charge is -2.39. The van der Waals surface area contributed by atoms with Crippen LogP contribution in [0.3, 0.4) is 0 Å². The number of carbonyl (C=O) groups excluding carboxylic acids is 2. The van der Waals surface area contributed by atoms with E-state index < -0.39 is 5.41 Å². The van der Waals surface area contributed by atoms with Crippen LogP contribution in [0, 0.1) is 19.3 Å². The predicted octanol–water partition coefficient (Wildman–Crippen LogP) is 4.25. The number of aryl methyl sites for hydroxylation is 2. The topological polar surface area (TPSA) is 61.4 Å². The molecule has 1 unspecified atom stereocenters. The van der Waals surface area contributed by atoms with Gasteiger partial charge in [0, 0.05) is 25.3 Å². The summed E-state index contributed by atoms with van der Waals surface area (Å²) in [5.41, 5.74) is 3.51. The summed E-state index contributed by atoms with van der Waals surface area (Å²) in [7, 11) is 0. The van der Waals surface area contributed by atoms with Crippen molar-refractivity contribution >= 4 is 17.6 Å². The van der Waals surface area contributed by atoms with E-state index in [0.29, 0.717) is 19.6 Å². The molecule has 0 radical (unpaired) electrons. The highest BCUT2D eigenvalue weighted by Crippen LogP contribution is 2.30. The largest absolute Gasteiger partial charge is 0.351 e. The molecule has 3 rings (SSSR count). The predicted molar refractivity (Wildman–Crippen MR) is 112 cm³/mol.